The number of fused-ring (bicyclic) bond motifs is 1. The van der Waals surface area contributed by atoms with Crippen LogP contribution in [-0.4, -0.2) is 21.0 Å². The van der Waals surface area contributed by atoms with E-state index in [0.29, 0.717) is 11.4 Å². The van der Waals surface area contributed by atoms with Crippen molar-refractivity contribution in [2.24, 2.45) is 0 Å². The van der Waals surface area contributed by atoms with E-state index in [2.05, 4.69) is 9.97 Å². The number of hydrogen-bond donors (Lipinski definition) is 2. The maximum absolute atomic E-state index is 11.2. The topological polar surface area (TPSA) is 66.0 Å². The largest absolute Gasteiger partial charge is 0.478 e. The zero-order valence-corrected chi connectivity index (χ0v) is 10.3. The van der Waals surface area contributed by atoms with E-state index in [-0.39, 0.29) is 5.56 Å². The van der Waals surface area contributed by atoms with Crippen molar-refractivity contribution in [1.29, 1.82) is 0 Å². The Morgan fingerprint density at radius 2 is 1.95 bits per heavy atom. The lowest BCUT2D eigenvalue weighted by atomic mass is 10.1. The summed E-state index contributed by atoms with van der Waals surface area (Å²) in [5.41, 5.74) is 3.70. The Morgan fingerprint density at radius 1 is 1.16 bits per heavy atom. The summed E-state index contributed by atoms with van der Waals surface area (Å²) in [5.74, 6) is -0.366. The highest BCUT2D eigenvalue weighted by atomic mass is 16.4. The average Bonchev–Trinajstić information content (AvgIpc) is 2.84. The van der Waals surface area contributed by atoms with Crippen LogP contribution < -0.4 is 0 Å². The quantitative estimate of drug-likeness (QED) is 0.735. The molecule has 0 saturated heterocycles. The highest BCUT2D eigenvalue weighted by Gasteiger charge is 2.14. The first kappa shape index (κ1) is 11.5. The van der Waals surface area contributed by atoms with Crippen LogP contribution >= 0.6 is 0 Å². The summed E-state index contributed by atoms with van der Waals surface area (Å²) in [6.07, 6.45) is 0. The van der Waals surface area contributed by atoms with Gasteiger partial charge in [-0.25, -0.2) is 9.78 Å². The molecule has 2 N–H and O–H groups in total. The highest BCUT2D eigenvalue weighted by Crippen LogP contribution is 2.25. The molecule has 1 heterocycles. The van der Waals surface area contributed by atoms with Gasteiger partial charge < -0.3 is 10.1 Å². The van der Waals surface area contributed by atoms with Crippen molar-refractivity contribution in [3.63, 3.8) is 0 Å². The molecule has 0 aliphatic heterocycles. The molecule has 94 valence electrons. The number of H-pyrrole nitrogens is 1. The molecule has 3 rings (SSSR count). The molecule has 0 radical (unpaired) electrons. The van der Waals surface area contributed by atoms with Gasteiger partial charge in [0.2, 0.25) is 0 Å². The van der Waals surface area contributed by atoms with Crippen LogP contribution in [0.1, 0.15) is 15.9 Å². The second-order valence-electron chi connectivity index (χ2n) is 4.41. The zero-order valence-electron chi connectivity index (χ0n) is 10.3. The Hall–Kier alpha value is -2.62. The molecule has 0 fully saturated rings. The van der Waals surface area contributed by atoms with Gasteiger partial charge in [0.25, 0.3) is 0 Å². The minimum absolute atomic E-state index is 0.249. The number of imidazole rings is 1. The van der Waals surface area contributed by atoms with Crippen LogP contribution in [0.2, 0.25) is 0 Å². The number of aromatic nitrogens is 2. The number of aryl methyl sites for hydroxylation is 1. The summed E-state index contributed by atoms with van der Waals surface area (Å²) in [6.45, 7) is 1.98. The first-order chi connectivity index (χ1) is 9.16. The molecule has 0 amide bonds. The summed E-state index contributed by atoms with van der Waals surface area (Å²) < 4.78 is 0. The van der Waals surface area contributed by atoms with Crippen molar-refractivity contribution in [2.75, 3.05) is 0 Å². The summed E-state index contributed by atoms with van der Waals surface area (Å²) in [6, 6.07) is 12.7. The van der Waals surface area contributed by atoms with Crippen LogP contribution in [0, 0.1) is 6.92 Å². The Kier molecular flexibility index (Phi) is 2.56. The molecule has 4 nitrogen and oxygen atoms in total. The third-order valence-electron chi connectivity index (χ3n) is 3.13. The lowest BCUT2D eigenvalue weighted by Gasteiger charge is -2.01. The fourth-order valence-electron chi connectivity index (χ4n) is 2.18. The fourth-order valence-corrected chi connectivity index (χ4v) is 2.18. The number of nitrogens with one attached hydrogen (secondary N) is 1. The minimum Gasteiger partial charge on any atom is -0.478 e. The molecule has 0 unspecified atom stereocenters. The van der Waals surface area contributed by atoms with Crippen molar-refractivity contribution in [3.05, 3.63) is 53.6 Å². The van der Waals surface area contributed by atoms with Gasteiger partial charge in [0.1, 0.15) is 5.82 Å². The van der Waals surface area contributed by atoms with Crippen LogP contribution in [0.5, 0.6) is 0 Å². The number of hydrogen-bond acceptors (Lipinski definition) is 2. The summed E-state index contributed by atoms with van der Waals surface area (Å²) in [4.78, 5) is 18.9. The van der Waals surface area contributed by atoms with Gasteiger partial charge in [-0.1, -0.05) is 30.3 Å². The van der Waals surface area contributed by atoms with Gasteiger partial charge in [-0.05, 0) is 24.6 Å². The average molecular weight is 252 g/mol. The minimum atomic E-state index is -0.951. The Bertz CT molecular complexity index is 775. The molecule has 4 heteroatoms. The number of para-hydroxylation sites is 1. The van der Waals surface area contributed by atoms with Crippen LogP contribution in [0.25, 0.3) is 22.4 Å². The van der Waals surface area contributed by atoms with Gasteiger partial charge in [0.05, 0.1) is 16.6 Å². The van der Waals surface area contributed by atoms with Gasteiger partial charge >= 0.3 is 5.97 Å². The van der Waals surface area contributed by atoms with Gasteiger partial charge in [0.15, 0.2) is 0 Å². The van der Waals surface area contributed by atoms with Gasteiger partial charge in [-0.15, -0.1) is 0 Å². The van der Waals surface area contributed by atoms with Crippen molar-refractivity contribution >= 4 is 17.0 Å². The number of carboxylic acid groups (broad SMARTS) is 1. The fraction of sp³-hybridized carbons (Fsp3) is 0.0667. The number of carboxylic acids is 1. The van der Waals surface area contributed by atoms with Crippen LogP contribution in [0.15, 0.2) is 42.5 Å². The first-order valence-electron chi connectivity index (χ1n) is 5.95. The highest BCUT2D eigenvalue weighted by molar-refractivity contribution is 5.96. The smallest absolute Gasteiger partial charge is 0.336 e. The predicted molar refractivity (Wildman–Crippen MR) is 73.2 cm³/mol. The van der Waals surface area contributed by atoms with Crippen molar-refractivity contribution in [3.8, 4) is 11.4 Å². The van der Waals surface area contributed by atoms with Gasteiger partial charge in [-0.2, -0.15) is 0 Å². The van der Waals surface area contributed by atoms with E-state index < -0.39 is 5.97 Å². The Labute approximate surface area is 109 Å². The van der Waals surface area contributed by atoms with E-state index in [9.17, 15) is 9.90 Å². The molecular weight excluding hydrogens is 240 g/mol. The third-order valence-corrected chi connectivity index (χ3v) is 3.13. The molecule has 0 spiro atoms. The molecule has 0 aliphatic rings. The monoisotopic (exact) mass is 252 g/mol. The number of aromatic amines is 1. The summed E-state index contributed by atoms with van der Waals surface area (Å²) >= 11 is 0. The standard InChI is InChI=1S/C15H12N2O2/c1-9-5-4-8-12-13(9)17-14(16-12)10-6-2-3-7-11(10)15(18)19/h2-8H,1H3,(H,16,17)(H,18,19). The van der Waals surface area contributed by atoms with Gasteiger partial charge in [-0.3, -0.25) is 0 Å². The van der Waals surface area contributed by atoms with Crippen LogP contribution in [0.4, 0.5) is 0 Å². The molecular formula is C15H12N2O2. The molecule has 0 atom stereocenters. The first-order valence-corrected chi connectivity index (χ1v) is 5.95. The molecule has 3 aromatic rings. The Morgan fingerprint density at radius 3 is 2.68 bits per heavy atom. The number of rotatable bonds is 2. The van der Waals surface area contributed by atoms with E-state index in [1.165, 1.54) is 0 Å². The maximum atomic E-state index is 11.2. The third kappa shape index (κ3) is 1.87. The molecule has 19 heavy (non-hydrogen) atoms. The second kappa shape index (κ2) is 4.24. The number of nitrogens with zero attached hydrogens (tertiary/aromatic N) is 1. The molecule has 0 aliphatic carbocycles. The van der Waals surface area contributed by atoms with Crippen molar-refractivity contribution in [1.82, 2.24) is 9.97 Å². The summed E-state index contributed by atoms with van der Waals surface area (Å²) in [5, 5.41) is 9.21. The van der Waals surface area contributed by atoms with Crippen molar-refractivity contribution in [2.45, 2.75) is 6.92 Å². The number of aromatic carboxylic acids is 1. The lowest BCUT2D eigenvalue weighted by Crippen LogP contribution is -1.99. The number of benzene rings is 2. The van der Waals surface area contributed by atoms with E-state index in [4.69, 9.17) is 0 Å². The van der Waals surface area contributed by atoms with Gasteiger partial charge in [0, 0.05) is 5.56 Å². The molecule has 0 saturated carbocycles. The molecule has 1 aromatic heterocycles. The van der Waals surface area contributed by atoms with E-state index in [0.717, 1.165) is 16.6 Å². The molecule has 0 bridgehead atoms. The SMILES string of the molecule is Cc1cccc2[nH]c(-c3ccccc3C(=O)O)nc12. The van der Waals surface area contributed by atoms with E-state index in [1.807, 2.05) is 31.2 Å². The zero-order chi connectivity index (χ0) is 13.4. The molecule has 2 aromatic carbocycles. The number of carbonyl (C=O) groups is 1. The lowest BCUT2D eigenvalue weighted by molar-refractivity contribution is 0.0697. The summed E-state index contributed by atoms with van der Waals surface area (Å²) in [7, 11) is 0. The van der Waals surface area contributed by atoms with Crippen molar-refractivity contribution < 1.29 is 9.90 Å². The van der Waals surface area contributed by atoms with E-state index in [1.54, 1.807) is 18.2 Å². The van der Waals surface area contributed by atoms with Crippen LogP contribution in [0.3, 0.4) is 0 Å². The maximum Gasteiger partial charge on any atom is 0.336 e. The Balaban J connectivity index is 2.25. The predicted octanol–water partition coefficient (Wildman–Crippen LogP) is 3.24. The second-order valence-corrected chi connectivity index (χ2v) is 4.41. The normalized spacial score (nSPS) is 10.8. The van der Waals surface area contributed by atoms with E-state index >= 15 is 0 Å². The van der Waals surface area contributed by atoms with Crippen LogP contribution in [-0.2, 0) is 0 Å².